The lowest BCUT2D eigenvalue weighted by molar-refractivity contribution is -0.117. The number of aromatic amines is 1. The first-order valence-electron chi connectivity index (χ1n) is 9.69. The second-order valence-corrected chi connectivity index (χ2v) is 8.19. The summed E-state index contributed by atoms with van der Waals surface area (Å²) in [7, 11) is 3.26. The number of carbonyl (C=O) groups is 1. The molecule has 3 atom stereocenters. The molecule has 2 N–H and O–H groups in total. The SMILES string of the molecule is COc1cc(OC)cc(-c2ccc(/C=C(\S)C(=O)NC3CC4CCC3C4)[nH]2)c1. The van der Waals surface area contributed by atoms with Gasteiger partial charge in [-0.1, -0.05) is 6.42 Å². The van der Waals surface area contributed by atoms with Crippen LogP contribution >= 0.6 is 12.6 Å². The number of amides is 1. The van der Waals surface area contributed by atoms with Gasteiger partial charge in [-0.25, -0.2) is 0 Å². The van der Waals surface area contributed by atoms with Crippen molar-refractivity contribution in [1.29, 1.82) is 0 Å². The Morgan fingerprint density at radius 2 is 1.89 bits per heavy atom. The largest absolute Gasteiger partial charge is 0.497 e. The van der Waals surface area contributed by atoms with Crippen molar-refractivity contribution in [2.75, 3.05) is 14.2 Å². The molecule has 1 amide bonds. The molecule has 2 aromatic rings. The molecule has 2 aliphatic rings. The minimum absolute atomic E-state index is 0.0971. The van der Waals surface area contributed by atoms with Crippen molar-refractivity contribution in [3.8, 4) is 22.8 Å². The fourth-order valence-electron chi connectivity index (χ4n) is 4.50. The highest BCUT2D eigenvalue weighted by Crippen LogP contribution is 2.44. The third-order valence-corrected chi connectivity index (χ3v) is 6.28. The number of fused-ring (bicyclic) bond motifs is 2. The maximum absolute atomic E-state index is 12.5. The third-order valence-electron chi connectivity index (χ3n) is 5.95. The molecule has 28 heavy (non-hydrogen) atoms. The number of ether oxygens (including phenoxy) is 2. The molecule has 2 fully saturated rings. The number of thiol groups is 1. The summed E-state index contributed by atoms with van der Waals surface area (Å²) in [6, 6.07) is 9.91. The van der Waals surface area contributed by atoms with E-state index in [1.54, 1.807) is 20.3 Å². The number of aromatic nitrogens is 1. The van der Waals surface area contributed by atoms with Gasteiger partial charge in [0, 0.05) is 29.1 Å². The van der Waals surface area contributed by atoms with Gasteiger partial charge in [0.1, 0.15) is 11.5 Å². The van der Waals surface area contributed by atoms with Crippen molar-refractivity contribution in [2.24, 2.45) is 11.8 Å². The zero-order chi connectivity index (χ0) is 19.7. The molecule has 6 heteroatoms. The van der Waals surface area contributed by atoms with Gasteiger partial charge in [0.25, 0.3) is 5.91 Å². The van der Waals surface area contributed by atoms with E-state index < -0.39 is 0 Å². The highest BCUT2D eigenvalue weighted by molar-refractivity contribution is 7.85. The zero-order valence-corrected chi connectivity index (χ0v) is 17.1. The third kappa shape index (κ3) is 3.92. The van der Waals surface area contributed by atoms with Crippen molar-refractivity contribution in [3.63, 3.8) is 0 Å². The highest BCUT2D eigenvalue weighted by Gasteiger charge is 2.40. The van der Waals surface area contributed by atoms with Gasteiger partial charge in [-0.15, -0.1) is 12.6 Å². The molecule has 3 unspecified atom stereocenters. The Hall–Kier alpha value is -2.34. The first kappa shape index (κ1) is 19.0. The van der Waals surface area contributed by atoms with Gasteiger partial charge in [0.05, 0.1) is 19.1 Å². The number of rotatable bonds is 6. The van der Waals surface area contributed by atoms with E-state index in [1.165, 1.54) is 19.3 Å². The average Bonchev–Trinajstić information content (AvgIpc) is 3.44. The molecular weight excluding hydrogens is 372 g/mol. The van der Waals surface area contributed by atoms with Gasteiger partial charge in [0.15, 0.2) is 0 Å². The Morgan fingerprint density at radius 3 is 2.50 bits per heavy atom. The lowest BCUT2D eigenvalue weighted by Gasteiger charge is -2.22. The van der Waals surface area contributed by atoms with Crippen molar-refractivity contribution in [2.45, 2.75) is 31.7 Å². The van der Waals surface area contributed by atoms with Crippen LogP contribution in [0.1, 0.15) is 31.4 Å². The van der Waals surface area contributed by atoms with Gasteiger partial charge in [-0.2, -0.15) is 0 Å². The first-order chi connectivity index (χ1) is 13.6. The second kappa shape index (κ2) is 7.95. The molecule has 1 aromatic carbocycles. The predicted octanol–water partition coefficient (Wildman–Crippen LogP) is 4.27. The van der Waals surface area contributed by atoms with Crippen LogP contribution in [0, 0.1) is 11.8 Å². The number of H-pyrrole nitrogens is 1. The number of hydrogen-bond donors (Lipinski definition) is 3. The standard InChI is InChI=1S/C22H26N2O3S/c1-26-17-9-15(10-18(12-17)27-2)19-6-5-16(23-19)11-21(28)22(25)24-20-8-13-3-4-14(20)7-13/h5-6,9-14,20,23,28H,3-4,7-8H2,1-2H3,(H,24,25)/b21-11-. The Balaban J connectivity index is 1.47. The maximum atomic E-state index is 12.5. The molecule has 0 saturated heterocycles. The smallest absolute Gasteiger partial charge is 0.257 e. The van der Waals surface area contributed by atoms with E-state index in [1.807, 2.05) is 30.3 Å². The van der Waals surface area contributed by atoms with Gasteiger partial charge >= 0.3 is 0 Å². The highest BCUT2D eigenvalue weighted by atomic mass is 32.1. The average molecular weight is 399 g/mol. The molecule has 1 aromatic heterocycles. The lowest BCUT2D eigenvalue weighted by atomic mass is 9.95. The van der Waals surface area contributed by atoms with Crippen LogP contribution in [0.25, 0.3) is 17.3 Å². The Labute approximate surface area is 170 Å². The lowest BCUT2D eigenvalue weighted by Crippen LogP contribution is -2.38. The second-order valence-electron chi connectivity index (χ2n) is 7.71. The fraction of sp³-hybridized carbons (Fsp3) is 0.409. The van der Waals surface area contributed by atoms with E-state index in [2.05, 4.69) is 22.9 Å². The van der Waals surface area contributed by atoms with Gasteiger partial charge in [0.2, 0.25) is 0 Å². The van der Waals surface area contributed by atoms with Crippen molar-refractivity contribution in [1.82, 2.24) is 10.3 Å². The van der Waals surface area contributed by atoms with Crippen LogP contribution in [0.3, 0.4) is 0 Å². The first-order valence-corrected chi connectivity index (χ1v) is 10.1. The molecular formula is C22H26N2O3S. The number of methoxy groups -OCH3 is 2. The molecule has 0 aliphatic heterocycles. The molecule has 148 valence electrons. The zero-order valence-electron chi connectivity index (χ0n) is 16.2. The van der Waals surface area contributed by atoms with Gasteiger partial charge in [-0.3, -0.25) is 4.79 Å². The number of nitrogens with one attached hydrogen (secondary N) is 2. The molecule has 0 spiro atoms. The van der Waals surface area contributed by atoms with Crippen LogP contribution in [-0.4, -0.2) is 31.2 Å². The summed E-state index contributed by atoms with van der Waals surface area (Å²) < 4.78 is 10.7. The summed E-state index contributed by atoms with van der Waals surface area (Å²) in [5, 5.41) is 3.17. The van der Waals surface area contributed by atoms with E-state index in [4.69, 9.17) is 9.47 Å². The van der Waals surface area contributed by atoms with E-state index >= 15 is 0 Å². The van der Waals surface area contributed by atoms with Crippen molar-refractivity contribution in [3.05, 3.63) is 40.9 Å². The molecule has 2 saturated carbocycles. The van der Waals surface area contributed by atoms with E-state index in [-0.39, 0.29) is 5.91 Å². The van der Waals surface area contributed by atoms with E-state index in [0.717, 1.165) is 40.8 Å². The molecule has 1 heterocycles. The quantitative estimate of drug-likeness (QED) is 0.503. The fourth-order valence-corrected chi connectivity index (χ4v) is 4.71. The molecule has 5 nitrogen and oxygen atoms in total. The summed E-state index contributed by atoms with van der Waals surface area (Å²) in [6.45, 7) is 0. The molecule has 2 aliphatic carbocycles. The van der Waals surface area contributed by atoms with Gasteiger partial charge in [-0.05, 0) is 61.4 Å². The Bertz CT molecular complexity index is 883. The molecule has 2 bridgehead atoms. The van der Waals surface area contributed by atoms with E-state index in [9.17, 15) is 4.79 Å². The monoisotopic (exact) mass is 398 g/mol. The number of carbonyl (C=O) groups excluding carboxylic acids is 1. The Morgan fingerprint density at radius 1 is 1.14 bits per heavy atom. The predicted molar refractivity (Wildman–Crippen MR) is 114 cm³/mol. The van der Waals surface area contributed by atoms with Crippen LogP contribution in [0.5, 0.6) is 11.5 Å². The topological polar surface area (TPSA) is 63.4 Å². The van der Waals surface area contributed by atoms with Crippen LogP contribution in [-0.2, 0) is 4.79 Å². The minimum atomic E-state index is -0.0971. The minimum Gasteiger partial charge on any atom is -0.497 e. The summed E-state index contributed by atoms with van der Waals surface area (Å²) in [4.78, 5) is 16.3. The number of hydrogen-bond acceptors (Lipinski definition) is 4. The van der Waals surface area contributed by atoms with Crippen LogP contribution in [0.2, 0.25) is 0 Å². The molecule has 0 radical (unpaired) electrons. The Kier molecular flexibility index (Phi) is 5.40. The summed E-state index contributed by atoms with van der Waals surface area (Å²) in [6.07, 6.45) is 6.71. The van der Waals surface area contributed by atoms with Crippen LogP contribution in [0.15, 0.2) is 35.2 Å². The maximum Gasteiger partial charge on any atom is 0.257 e. The number of benzene rings is 1. The summed E-state index contributed by atoms with van der Waals surface area (Å²) >= 11 is 4.43. The van der Waals surface area contributed by atoms with E-state index in [0.29, 0.717) is 16.9 Å². The summed E-state index contributed by atoms with van der Waals surface area (Å²) in [5.41, 5.74) is 2.69. The molecule has 4 rings (SSSR count). The summed E-state index contributed by atoms with van der Waals surface area (Å²) in [5.74, 6) is 2.80. The van der Waals surface area contributed by atoms with Crippen LogP contribution in [0.4, 0.5) is 0 Å². The normalized spacial score (nSPS) is 23.7. The van der Waals surface area contributed by atoms with Crippen molar-refractivity contribution >= 4 is 24.6 Å². The van der Waals surface area contributed by atoms with Crippen LogP contribution < -0.4 is 14.8 Å². The van der Waals surface area contributed by atoms with Gasteiger partial charge < -0.3 is 19.8 Å². The van der Waals surface area contributed by atoms with Crippen molar-refractivity contribution < 1.29 is 14.3 Å².